The Morgan fingerprint density at radius 3 is 2.72 bits per heavy atom. The largest absolute Gasteiger partial charge is 0.376 e. The minimum atomic E-state index is -0.0231. The average molecular weight is 448 g/mol. The summed E-state index contributed by atoms with van der Waals surface area (Å²) in [7, 11) is 0. The third-order valence-electron chi connectivity index (χ3n) is 6.54. The van der Waals surface area contributed by atoms with Crippen molar-refractivity contribution in [3.8, 4) is 5.82 Å². The second-order valence-corrected chi connectivity index (χ2v) is 9.16. The summed E-state index contributed by atoms with van der Waals surface area (Å²) in [5.41, 5.74) is 5.72. The minimum Gasteiger partial charge on any atom is -0.376 e. The Kier molecular flexibility index (Phi) is 5.69. The number of nitrogens with one attached hydrogen (secondary N) is 1. The quantitative estimate of drug-likeness (QED) is 0.587. The highest BCUT2D eigenvalue weighted by atomic mass is 32.1. The Balaban J connectivity index is 1.58. The molecule has 0 radical (unpaired) electrons. The second kappa shape index (κ2) is 8.64. The topological polar surface area (TPSA) is 55.2 Å². The smallest absolute Gasteiger partial charge is 0.170 e. The Morgan fingerprint density at radius 2 is 2.03 bits per heavy atom. The standard InChI is InChI=1S/C25H29N5OS/c1-16-9-10-22(27-14-16)30-17(2)13-20(18(30)3)24-23(21-8-4-5-11-26-21)28-25(32)29(24)15-19-7-6-12-31-19/h4-5,8-11,13-14,19,23-24H,6-7,12,15H2,1-3H3,(H,28,32)/t19-,23+,24+/m0/s1. The number of pyridine rings is 2. The Bertz CT molecular complexity index is 1110. The van der Waals surface area contributed by atoms with E-state index in [9.17, 15) is 0 Å². The fraction of sp³-hybridized carbons (Fsp3) is 0.400. The zero-order chi connectivity index (χ0) is 22.2. The monoisotopic (exact) mass is 447 g/mol. The highest BCUT2D eigenvalue weighted by Gasteiger charge is 2.42. The van der Waals surface area contributed by atoms with Gasteiger partial charge < -0.3 is 19.5 Å². The van der Waals surface area contributed by atoms with Crippen LogP contribution >= 0.6 is 12.2 Å². The number of aromatic nitrogens is 3. The van der Waals surface area contributed by atoms with Gasteiger partial charge in [-0.2, -0.15) is 0 Å². The van der Waals surface area contributed by atoms with E-state index in [0.717, 1.165) is 53.9 Å². The number of hydrogen-bond acceptors (Lipinski definition) is 4. The normalized spacial score (nSPS) is 23.0. The SMILES string of the molecule is Cc1ccc(-n2c(C)cc([C@@H]3[C@@H](c4ccccn4)NC(=S)N3C[C@@H]3CCCO3)c2C)nc1. The molecule has 0 spiro atoms. The third kappa shape index (κ3) is 3.80. The van der Waals surface area contributed by atoms with Crippen LogP contribution in [0.3, 0.4) is 0 Å². The van der Waals surface area contributed by atoms with Gasteiger partial charge in [0, 0.05) is 36.9 Å². The van der Waals surface area contributed by atoms with Crippen LogP contribution in [-0.4, -0.2) is 43.8 Å². The highest BCUT2D eigenvalue weighted by molar-refractivity contribution is 7.80. The van der Waals surface area contributed by atoms with Crippen LogP contribution in [0.2, 0.25) is 0 Å². The molecule has 0 aliphatic carbocycles. The number of rotatable bonds is 5. The Morgan fingerprint density at radius 1 is 1.16 bits per heavy atom. The molecule has 3 atom stereocenters. The predicted molar refractivity (Wildman–Crippen MR) is 129 cm³/mol. The van der Waals surface area contributed by atoms with Gasteiger partial charge in [0.1, 0.15) is 5.82 Å². The molecule has 0 saturated carbocycles. The number of aryl methyl sites for hydroxylation is 2. The first-order valence-corrected chi connectivity index (χ1v) is 11.7. The number of nitrogens with zero attached hydrogens (tertiary/aromatic N) is 4. The van der Waals surface area contributed by atoms with Crippen molar-refractivity contribution >= 4 is 17.3 Å². The molecule has 6 nitrogen and oxygen atoms in total. The molecule has 3 aromatic heterocycles. The van der Waals surface area contributed by atoms with Gasteiger partial charge in [0.05, 0.1) is 23.9 Å². The number of thiocarbonyl (C=S) groups is 1. The zero-order valence-electron chi connectivity index (χ0n) is 18.8. The van der Waals surface area contributed by atoms with Gasteiger partial charge in [0.2, 0.25) is 0 Å². The van der Waals surface area contributed by atoms with E-state index >= 15 is 0 Å². The molecule has 166 valence electrons. The van der Waals surface area contributed by atoms with Crippen molar-refractivity contribution in [1.29, 1.82) is 0 Å². The fourth-order valence-corrected chi connectivity index (χ4v) is 5.30. The van der Waals surface area contributed by atoms with E-state index in [-0.39, 0.29) is 18.2 Å². The van der Waals surface area contributed by atoms with Gasteiger partial charge in [-0.05, 0) is 81.2 Å². The molecule has 32 heavy (non-hydrogen) atoms. The Hall–Kier alpha value is -2.77. The summed E-state index contributed by atoms with van der Waals surface area (Å²) < 4.78 is 8.20. The van der Waals surface area contributed by atoms with Crippen LogP contribution in [-0.2, 0) is 4.74 Å². The first-order valence-electron chi connectivity index (χ1n) is 11.2. The highest BCUT2D eigenvalue weighted by Crippen LogP contribution is 2.41. The van der Waals surface area contributed by atoms with Gasteiger partial charge >= 0.3 is 0 Å². The van der Waals surface area contributed by atoms with Crippen molar-refractivity contribution in [2.75, 3.05) is 13.2 Å². The van der Waals surface area contributed by atoms with Crippen LogP contribution in [0.1, 0.15) is 53.1 Å². The summed E-state index contributed by atoms with van der Waals surface area (Å²) in [6, 6.07) is 12.5. The fourth-order valence-electron chi connectivity index (χ4n) is 4.98. The molecular formula is C25H29N5OS. The Labute approximate surface area is 194 Å². The van der Waals surface area contributed by atoms with Crippen LogP contribution in [0, 0.1) is 20.8 Å². The molecule has 3 aromatic rings. The van der Waals surface area contributed by atoms with Gasteiger partial charge in [-0.25, -0.2) is 4.98 Å². The first kappa shape index (κ1) is 21.1. The summed E-state index contributed by atoms with van der Waals surface area (Å²) in [6.45, 7) is 7.99. The summed E-state index contributed by atoms with van der Waals surface area (Å²) in [4.78, 5) is 11.6. The molecule has 5 heterocycles. The van der Waals surface area contributed by atoms with Crippen molar-refractivity contribution in [3.63, 3.8) is 0 Å². The van der Waals surface area contributed by atoms with Gasteiger partial charge in [0.25, 0.3) is 0 Å². The first-order chi connectivity index (χ1) is 15.5. The van der Waals surface area contributed by atoms with Crippen LogP contribution < -0.4 is 5.32 Å². The van der Waals surface area contributed by atoms with Crippen LogP contribution in [0.25, 0.3) is 5.82 Å². The lowest BCUT2D eigenvalue weighted by Gasteiger charge is -2.30. The van der Waals surface area contributed by atoms with E-state index in [1.807, 2.05) is 24.5 Å². The zero-order valence-corrected chi connectivity index (χ0v) is 19.6. The molecule has 2 fully saturated rings. The molecule has 0 amide bonds. The average Bonchev–Trinajstić information content (AvgIpc) is 3.49. The van der Waals surface area contributed by atoms with E-state index in [4.69, 9.17) is 17.0 Å². The molecule has 0 aromatic carbocycles. The molecule has 0 unspecified atom stereocenters. The van der Waals surface area contributed by atoms with Crippen molar-refractivity contribution in [2.45, 2.75) is 51.8 Å². The predicted octanol–water partition coefficient (Wildman–Crippen LogP) is 4.34. The lowest BCUT2D eigenvalue weighted by Crippen LogP contribution is -2.36. The van der Waals surface area contributed by atoms with Crippen molar-refractivity contribution in [3.05, 3.63) is 77.0 Å². The second-order valence-electron chi connectivity index (χ2n) is 8.77. The number of ether oxygens (including phenoxy) is 1. The van der Waals surface area contributed by atoms with Crippen molar-refractivity contribution < 1.29 is 4.74 Å². The van der Waals surface area contributed by atoms with E-state index in [1.165, 1.54) is 11.3 Å². The van der Waals surface area contributed by atoms with E-state index in [2.05, 4.69) is 69.8 Å². The van der Waals surface area contributed by atoms with E-state index in [1.54, 1.807) is 0 Å². The van der Waals surface area contributed by atoms with E-state index < -0.39 is 0 Å². The maximum atomic E-state index is 5.97. The maximum Gasteiger partial charge on any atom is 0.170 e. The number of hydrogen-bond donors (Lipinski definition) is 1. The van der Waals surface area contributed by atoms with E-state index in [0.29, 0.717) is 0 Å². The molecule has 0 bridgehead atoms. The molecular weight excluding hydrogens is 418 g/mol. The lowest BCUT2D eigenvalue weighted by atomic mass is 9.96. The third-order valence-corrected chi connectivity index (χ3v) is 6.89. The van der Waals surface area contributed by atoms with Crippen LogP contribution in [0.15, 0.2) is 48.8 Å². The molecule has 5 rings (SSSR count). The molecule has 2 aliphatic rings. The molecule has 1 N–H and O–H groups in total. The summed E-state index contributed by atoms with van der Waals surface area (Å²) in [5.74, 6) is 0.936. The summed E-state index contributed by atoms with van der Waals surface area (Å²) in [5, 5.41) is 4.32. The van der Waals surface area contributed by atoms with Gasteiger partial charge in [-0.3, -0.25) is 4.98 Å². The summed E-state index contributed by atoms with van der Waals surface area (Å²) in [6.07, 6.45) is 6.16. The van der Waals surface area contributed by atoms with Crippen LogP contribution in [0.5, 0.6) is 0 Å². The van der Waals surface area contributed by atoms with Crippen LogP contribution in [0.4, 0.5) is 0 Å². The molecule has 2 saturated heterocycles. The molecule has 2 aliphatic heterocycles. The lowest BCUT2D eigenvalue weighted by molar-refractivity contribution is 0.0842. The molecule has 7 heteroatoms. The summed E-state index contributed by atoms with van der Waals surface area (Å²) >= 11 is 5.83. The van der Waals surface area contributed by atoms with Crippen molar-refractivity contribution in [2.24, 2.45) is 0 Å². The minimum absolute atomic E-state index is 0.0231. The van der Waals surface area contributed by atoms with Gasteiger partial charge in [0.15, 0.2) is 5.11 Å². The van der Waals surface area contributed by atoms with Crippen molar-refractivity contribution in [1.82, 2.24) is 24.8 Å². The van der Waals surface area contributed by atoms with Gasteiger partial charge in [-0.1, -0.05) is 12.1 Å². The van der Waals surface area contributed by atoms with Gasteiger partial charge in [-0.15, -0.1) is 0 Å². The maximum absolute atomic E-state index is 5.97.